The van der Waals surface area contributed by atoms with Crippen molar-refractivity contribution in [2.45, 2.75) is 26.3 Å². The summed E-state index contributed by atoms with van der Waals surface area (Å²) >= 11 is 0. The zero-order valence-corrected chi connectivity index (χ0v) is 15.2. The summed E-state index contributed by atoms with van der Waals surface area (Å²) in [7, 11) is 0. The second-order valence-corrected chi connectivity index (χ2v) is 6.71. The molecule has 0 saturated carbocycles. The van der Waals surface area contributed by atoms with E-state index in [1.807, 2.05) is 0 Å². The van der Waals surface area contributed by atoms with E-state index in [4.69, 9.17) is 4.74 Å². The van der Waals surface area contributed by atoms with Crippen molar-refractivity contribution < 1.29 is 19.2 Å². The molecule has 1 N–H and O–H groups in total. The second kappa shape index (κ2) is 6.71. The predicted octanol–water partition coefficient (Wildman–Crippen LogP) is 3.05. The number of carbonyl (C=O) groups is 2. The topological polar surface area (TPSA) is 102 Å². The van der Waals surface area contributed by atoms with Crippen LogP contribution in [0.4, 0.5) is 17.1 Å². The molecule has 0 fully saturated rings. The van der Waals surface area contributed by atoms with Crippen LogP contribution < -0.4 is 15.0 Å². The van der Waals surface area contributed by atoms with Crippen molar-refractivity contribution >= 4 is 28.9 Å². The summed E-state index contributed by atoms with van der Waals surface area (Å²) in [6.07, 6.45) is 0. The molecule has 3 rings (SSSR count). The van der Waals surface area contributed by atoms with Crippen molar-refractivity contribution in [2.24, 2.45) is 0 Å². The molecular weight excluding hydrogens is 350 g/mol. The SMILES string of the molecule is Cc1c(OCC(=O)N2c3ccccc3NC(=O)C2(C)C)cccc1[N+](=O)[O-]. The van der Waals surface area contributed by atoms with Gasteiger partial charge in [-0.2, -0.15) is 0 Å². The van der Waals surface area contributed by atoms with Crippen LogP contribution in [0.5, 0.6) is 5.75 Å². The maximum absolute atomic E-state index is 12.9. The van der Waals surface area contributed by atoms with Gasteiger partial charge in [0.15, 0.2) is 6.61 Å². The van der Waals surface area contributed by atoms with Gasteiger partial charge in [-0.3, -0.25) is 24.6 Å². The summed E-state index contributed by atoms with van der Waals surface area (Å²) in [5.41, 5.74) is 0.273. The Kier molecular flexibility index (Phi) is 4.57. The molecular formula is C19H19N3O5. The Bertz CT molecular complexity index is 939. The largest absolute Gasteiger partial charge is 0.483 e. The van der Waals surface area contributed by atoms with Crippen LogP contribution >= 0.6 is 0 Å². The van der Waals surface area contributed by atoms with E-state index in [0.717, 1.165) is 0 Å². The van der Waals surface area contributed by atoms with Gasteiger partial charge < -0.3 is 10.1 Å². The van der Waals surface area contributed by atoms with Crippen LogP contribution in [0.2, 0.25) is 0 Å². The molecule has 8 heteroatoms. The van der Waals surface area contributed by atoms with E-state index < -0.39 is 16.4 Å². The molecule has 0 aromatic heterocycles. The van der Waals surface area contributed by atoms with Gasteiger partial charge in [0.05, 0.1) is 21.9 Å². The van der Waals surface area contributed by atoms with Crippen LogP contribution in [0.3, 0.4) is 0 Å². The summed E-state index contributed by atoms with van der Waals surface area (Å²) in [6, 6.07) is 11.4. The van der Waals surface area contributed by atoms with E-state index in [-0.39, 0.29) is 24.0 Å². The summed E-state index contributed by atoms with van der Waals surface area (Å²) in [6.45, 7) is 4.50. The van der Waals surface area contributed by atoms with E-state index in [2.05, 4.69) is 5.32 Å². The number of benzene rings is 2. The molecule has 0 aliphatic carbocycles. The van der Waals surface area contributed by atoms with Gasteiger partial charge >= 0.3 is 0 Å². The van der Waals surface area contributed by atoms with Crippen molar-refractivity contribution in [1.82, 2.24) is 0 Å². The number of nitro benzene ring substituents is 1. The van der Waals surface area contributed by atoms with Crippen LogP contribution in [0.25, 0.3) is 0 Å². The number of amides is 2. The summed E-state index contributed by atoms with van der Waals surface area (Å²) in [4.78, 5) is 37.3. The number of nitrogens with one attached hydrogen (secondary N) is 1. The number of nitro groups is 1. The lowest BCUT2D eigenvalue weighted by molar-refractivity contribution is -0.385. The van der Waals surface area contributed by atoms with Gasteiger partial charge in [-0.05, 0) is 39.0 Å². The Labute approximate surface area is 155 Å². The average molecular weight is 369 g/mol. The highest BCUT2D eigenvalue weighted by atomic mass is 16.6. The number of para-hydroxylation sites is 2. The molecule has 0 unspecified atom stereocenters. The number of fused-ring (bicyclic) bond motifs is 1. The fraction of sp³-hybridized carbons (Fsp3) is 0.263. The highest BCUT2D eigenvalue weighted by Crippen LogP contribution is 2.37. The molecule has 0 radical (unpaired) electrons. The standard InChI is InChI=1S/C19H19N3O5/c1-12-14(22(25)26)9-6-10-16(12)27-11-17(23)21-15-8-5-4-7-13(15)20-18(24)19(21,2)3/h4-10H,11H2,1-3H3,(H,20,24). The third-order valence-electron chi connectivity index (χ3n) is 4.56. The quantitative estimate of drug-likeness (QED) is 0.659. The van der Waals surface area contributed by atoms with Gasteiger partial charge in [0.25, 0.3) is 11.6 Å². The van der Waals surface area contributed by atoms with Crippen molar-refractivity contribution in [2.75, 3.05) is 16.8 Å². The first-order valence-corrected chi connectivity index (χ1v) is 8.34. The van der Waals surface area contributed by atoms with E-state index in [1.54, 1.807) is 51.1 Å². The zero-order chi connectivity index (χ0) is 19.8. The molecule has 140 valence electrons. The van der Waals surface area contributed by atoms with Crippen molar-refractivity contribution in [3.63, 3.8) is 0 Å². The van der Waals surface area contributed by atoms with Crippen molar-refractivity contribution in [3.8, 4) is 5.75 Å². The van der Waals surface area contributed by atoms with Crippen molar-refractivity contribution in [1.29, 1.82) is 0 Å². The number of carbonyl (C=O) groups excluding carboxylic acids is 2. The first-order valence-electron chi connectivity index (χ1n) is 8.34. The summed E-state index contributed by atoms with van der Waals surface area (Å²) < 4.78 is 5.56. The third kappa shape index (κ3) is 3.21. The van der Waals surface area contributed by atoms with Gasteiger partial charge in [0, 0.05) is 6.07 Å². The van der Waals surface area contributed by atoms with Crippen LogP contribution in [-0.4, -0.2) is 28.9 Å². The van der Waals surface area contributed by atoms with Crippen LogP contribution in [0.1, 0.15) is 19.4 Å². The molecule has 2 aromatic carbocycles. The molecule has 1 aliphatic heterocycles. The molecule has 1 aliphatic rings. The molecule has 0 saturated heterocycles. The number of rotatable bonds is 4. The van der Waals surface area contributed by atoms with Gasteiger partial charge in [-0.25, -0.2) is 0 Å². The molecule has 0 atom stereocenters. The third-order valence-corrected chi connectivity index (χ3v) is 4.56. The average Bonchev–Trinajstić information content (AvgIpc) is 2.61. The lowest BCUT2D eigenvalue weighted by atomic mass is 9.96. The minimum absolute atomic E-state index is 0.0806. The molecule has 0 bridgehead atoms. The number of hydrogen-bond donors (Lipinski definition) is 1. The number of ether oxygens (including phenoxy) is 1. The van der Waals surface area contributed by atoms with Crippen molar-refractivity contribution in [3.05, 3.63) is 58.1 Å². The summed E-state index contributed by atoms with van der Waals surface area (Å²) in [5.74, 6) is -0.473. The molecule has 0 spiro atoms. The highest BCUT2D eigenvalue weighted by Gasteiger charge is 2.43. The molecule has 27 heavy (non-hydrogen) atoms. The first-order chi connectivity index (χ1) is 12.7. The van der Waals surface area contributed by atoms with E-state index >= 15 is 0 Å². The van der Waals surface area contributed by atoms with E-state index in [9.17, 15) is 19.7 Å². The minimum atomic E-state index is -1.10. The monoisotopic (exact) mass is 369 g/mol. The molecule has 2 amide bonds. The fourth-order valence-electron chi connectivity index (χ4n) is 3.06. The minimum Gasteiger partial charge on any atom is -0.483 e. The number of hydrogen-bond acceptors (Lipinski definition) is 5. The zero-order valence-electron chi connectivity index (χ0n) is 15.2. The Morgan fingerprint density at radius 2 is 1.93 bits per heavy atom. The van der Waals surface area contributed by atoms with Crippen LogP contribution in [0.15, 0.2) is 42.5 Å². The predicted molar refractivity (Wildman–Crippen MR) is 100.0 cm³/mol. The maximum Gasteiger partial charge on any atom is 0.276 e. The summed E-state index contributed by atoms with van der Waals surface area (Å²) in [5, 5.41) is 13.8. The smallest absolute Gasteiger partial charge is 0.276 e. The molecule has 8 nitrogen and oxygen atoms in total. The normalized spacial score (nSPS) is 14.9. The Morgan fingerprint density at radius 3 is 2.63 bits per heavy atom. The highest BCUT2D eigenvalue weighted by molar-refractivity contribution is 6.14. The van der Waals surface area contributed by atoms with Gasteiger partial charge in [0.1, 0.15) is 11.3 Å². The second-order valence-electron chi connectivity index (χ2n) is 6.71. The van der Waals surface area contributed by atoms with Gasteiger partial charge in [-0.15, -0.1) is 0 Å². The molecule has 1 heterocycles. The molecule has 2 aromatic rings. The Morgan fingerprint density at radius 1 is 1.22 bits per heavy atom. The maximum atomic E-state index is 12.9. The Hall–Kier alpha value is -3.42. The van der Waals surface area contributed by atoms with E-state index in [1.165, 1.54) is 17.0 Å². The van der Waals surface area contributed by atoms with Crippen LogP contribution in [0, 0.1) is 17.0 Å². The van der Waals surface area contributed by atoms with Gasteiger partial charge in [0.2, 0.25) is 5.91 Å². The lowest BCUT2D eigenvalue weighted by Gasteiger charge is -2.41. The van der Waals surface area contributed by atoms with E-state index in [0.29, 0.717) is 16.9 Å². The van der Waals surface area contributed by atoms with Gasteiger partial charge in [-0.1, -0.05) is 18.2 Å². The van der Waals surface area contributed by atoms with Crippen LogP contribution in [-0.2, 0) is 9.59 Å². The number of anilines is 2. The number of nitrogens with zero attached hydrogens (tertiary/aromatic N) is 2. The first kappa shape index (κ1) is 18.4. The Balaban J connectivity index is 1.87. The fourth-order valence-corrected chi connectivity index (χ4v) is 3.06. The lowest BCUT2D eigenvalue weighted by Crippen LogP contribution is -2.59.